The SMILES string of the molecule is CCN1Cc2ccccc2-c2c([nH]c3ccccc23)C1=O. The van der Waals surface area contributed by atoms with E-state index in [0.717, 1.165) is 22.0 Å². The van der Waals surface area contributed by atoms with E-state index in [1.54, 1.807) is 0 Å². The Hall–Kier alpha value is -2.55. The van der Waals surface area contributed by atoms with Gasteiger partial charge in [0.05, 0.1) is 0 Å². The molecule has 0 bridgehead atoms. The fourth-order valence-electron chi connectivity index (χ4n) is 3.18. The molecule has 2 aromatic carbocycles. The molecule has 0 radical (unpaired) electrons. The van der Waals surface area contributed by atoms with Gasteiger partial charge in [0.2, 0.25) is 0 Å². The number of benzene rings is 2. The Morgan fingerprint density at radius 2 is 1.86 bits per heavy atom. The van der Waals surface area contributed by atoms with Gasteiger partial charge in [-0.05, 0) is 24.1 Å². The second-order valence-electron chi connectivity index (χ2n) is 5.40. The lowest BCUT2D eigenvalue weighted by atomic mass is 9.98. The van der Waals surface area contributed by atoms with E-state index < -0.39 is 0 Å². The van der Waals surface area contributed by atoms with Crippen LogP contribution in [0, 0.1) is 0 Å². The number of H-pyrrole nitrogens is 1. The van der Waals surface area contributed by atoms with Crippen LogP contribution in [0.4, 0.5) is 0 Å². The normalized spacial score (nSPS) is 14.0. The van der Waals surface area contributed by atoms with Crippen molar-refractivity contribution in [2.24, 2.45) is 0 Å². The Kier molecular flexibility index (Phi) is 2.61. The van der Waals surface area contributed by atoms with Gasteiger partial charge in [-0.2, -0.15) is 0 Å². The number of aromatic nitrogens is 1. The van der Waals surface area contributed by atoms with Crippen LogP contribution in [0.3, 0.4) is 0 Å². The fourth-order valence-corrected chi connectivity index (χ4v) is 3.18. The molecule has 3 nitrogen and oxygen atoms in total. The van der Waals surface area contributed by atoms with Crippen LogP contribution in [0.2, 0.25) is 0 Å². The molecule has 21 heavy (non-hydrogen) atoms. The Morgan fingerprint density at radius 1 is 1.10 bits per heavy atom. The molecule has 0 saturated carbocycles. The smallest absolute Gasteiger partial charge is 0.271 e. The first-order chi connectivity index (χ1) is 10.3. The van der Waals surface area contributed by atoms with E-state index in [-0.39, 0.29) is 5.91 Å². The molecule has 0 saturated heterocycles. The number of carbonyl (C=O) groups is 1. The molecule has 0 aliphatic carbocycles. The molecular weight excluding hydrogens is 260 g/mol. The third kappa shape index (κ3) is 1.70. The van der Waals surface area contributed by atoms with Crippen molar-refractivity contribution in [1.29, 1.82) is 0 Å². The fraction of sp³-hybridized carbons (Fsp3) is 0.167. The Balaban J connectivity index is 2.12. The van der Waals surface area contributed by atoms with Gasteiger partial charge >= 0.3 is 0 Å². The van der Waals surface area contributed by atoms with Crippen LogP contribution in [0.1, 0.15) is 23.0 Å². The minimum atomic E-state index is 0.0832. The van der Waals surface area contributed by atoms with E-state index in [1.807, 2.05) is 42.2 Å². The molecule has 0 fully saturated rings. The van der Waals surface area contributed by atoms with E-state index in [0.29, 0.717) is 18.8 Å². The molecule has 0 unspecified atom stereocenters. The van der Waals surface area contributed by atoms with Gasteiger partial charge in [-0.1, -0.05) is 42.5 Å². The summed E-state index contributed by atoms with van der Waals surface area (Å²) in [6.07, 6.45) is 0. The van der Waals surface area contributed by atoms with Gasteiger partial charge in [-0.25, -0.2) is 0 Å². The number of hydrogen-bond acceptors (Lipinski definition) is 1. The summed E-state index contributed by atoms with van der Waals surface area (Å²) in [5.41, 5.74) is 5.14. The Morgan fingerprint density at radius 3 is 2.71 bits per heavy atom. The van der Waals surface area contributed by atoms with Crippen molar-refractivity contribution in [3.05, 3.63) is 59.8 Å². The molecule has 104 valence electrons. The van der Waals surface area contributed by atoms with Crippen molar-refractivity contribution in [3.8, 4) is 11.1 Å². The average Bonchev–Trinajstić information content (AvgIpc) is 2.86. The number of nitrogens with zero attached hydrogens (tertiary/aromatic N) is 1. The summed E-state index contributed by atoms with van der Waals surface area (Å²) in [4.78, 5) is 18.0. The molecule has 1 amide bonds. The minimum absolute atomic E-state index is 0.0832. The molecule has 1 N–H and O–H groups in total. The van der Waals surface area contributed by atoms with Gasteiger partial charge < -0.3 is 9.88 Å². The van der Waals surface area contributed by atoms with Crippen molar-refractivity contribution < 1.29 is 4.79 Å². The van der Waals surface area contributed by atoms with Crippen molar-refractivity contribution >= 4 is 16.8 Å². The van der Waals surface area contributed by atoms with Crippen molar-refractivity contribution in [3.63, 3.8) is 0 Å². The van der Waals surface area contributed by atoms with Crippen LogP contribution < -0.4 is 0 Å². The molecule has 3 aromatic rings. The monoisotopic (exact) mass is 276 g/mol. The molecule has 3 heteroatoms. The van der Waals surface area contributed by atoms with Crippen molar-refractivity contribution in [2.75, 3.05) is 6.54 Å². The average molecular weight is 276 g/mol. The summed E-state index contributed by atoms with van der Waals surface area (Å²) < 4.78 is 0. The third-order valence-electron chi connectivity index (χ3n) is 4.24. The van der Waals surface area contributed by atoms with E-state index in [4.69, 9.17) is 0 Å². The van der Waals surface area contributed by atoms with Gasteiger partial charge in [-0.3, -0.25) is 4.79 Å². The molecule has 0 atom stereocenters. The van der Waals surface area contributed by atoms with E-state index in [9.17, 15) is 4.79 Å². The number of rotatable bonds is 1. The zero-order chi connectivity index (χ0) is 14.4. The summed E-state index contributed by atoms with van der Waals surface area (Å²) >= 11 is 0. The molecule has 2 heterocycles. The zero-order valence-electron chi connectivity index (χ0n) is 11.9. The van der Waals surface area contributed by atoms with Gasteiger partial charge in [-0.15, -0.1) is 0 Å². The summed E-state index contributed by atoms with van der Waals surface area (Å²) in [5, 5.41) is 1.12. The van der Waals surface area contributed by atoms with Crippen LogP contribution >= 0.6 is 0 Å². The maximum absolute atomic E-state index is 12.8. The Bertz CT molecular complexity index is 847. The van der Waals surface area contributed by atoms with Gasteiger partial charge in [0.25, 0.3) is 5.91 Å². The van der Waals surface area contributed by atoms with Gasteiger partial charge in [0.1, 0.15) is 5.69 Å². The van der Waals surface area contributed by atoms with Crippen LogP contribution in [-0.2, 0) is 6.54 Å². The van der Waals surface area contributed by atoms with Crippen LogP contribution in [0.25, 0.3) is 22.0 Å². The van der Waals surface area contributed by atoms with Gasteiger partial charge in [0.15, 0.2) is 0 Å². The van der Waals surface area contributed by atoms with E-state index in [1.165, 1.54) is 5.56 Å². The van der Waals surface area contributed by atoms with Gasteiger partial charge in [0, 0.05) is 29.6 Å². The highest BCUT2D eigenvalue weighted by molar-refractivity contribution is 6.10. The molecular formula is C18H16N2O. The number of carbonyl (C=O) groups excluding carboxylic acids is 1. The summed E-state index contributed by atoms with van der Waals surface area (Å²) in [6, 6.07) is 16.4. The van der Waals surface area contributed by atoms with E-state index in [2.05, 4.69) is 23.2 Å². The highest BCUT2D eigenvalue weighted by Crippen LogP contribution is 2.37. The first-order valence-electron chi connectivity index (χ1n) is 7.28. The number of para-hydroxylation sites is 1. The molecule has 1 aromatic heterocycles. The highest BCUT2D eigenvalue weighted by atomic mass is 16.2. The number of fused-ring (bicyclic) bond motifs is 5. The lowest BCUT2D eigenvalue weighted by molar-refractivity contribution is 0.0751. The maximum Gasteiger partial charge on any atom is 0.271 e. The Labute approximate surface area is 123 Å². The second kappa shape index (κ2) is 4.48. The molecule has 1 aliphatic rings. The topological polar surface area (TPSA) is 36.1 Å². The first-order valence-corrected chi connectivity index (χ1v) is 7.28. The lowest BCUT2D eigenvalue weighted by Crippen LogP contribution is -2.29. The lowest BCUT2D eigenvalue weighted by Gasteiger charge is -2.18. The van der Waals surface area contributed by atoms with Crippen molar-refractivity contribution in [1.82, 2.24) is 9.88 Å². The van der Waals surface area contributed by atoms with Crippen molar-refractivity contribution in [2.45, 2.75) is 13.5 Å². The minimum Gasteiger partial charge on any atom is -0.350 e. The number of amides is 1. The zero-order valence-corrected chi connectivity index (χ0v) is 11.9. The third-order valence-corrected chi connectivity index (χ3v) is 4.24. The predicted molar refractivity (Wildman–Crippen MR) is 84.1 cm³/mol. The number of hydrogen-bond donors (Lipinski definition) is 1. The highest BCUT2D eigenvalue weighted by Gasteiger charge is 2.28. The molecule has 1 aliphatic heterocycles. The van der Waals surface area contributed by atoms with E-state index >= 15 is 0 Å². The summed E-state index contributed by atoms with van der Waals surface area (Å²) in [7, 11) is 0. The quantitative estimate of drug-likeness (QED) is 0.721. The standard InChI is InChI=1S/C18H16N2O/c1-2-20-11-12-7-3-4-8-13(12)16-14-9-5-6-10-15(14)19-17(16)18(20)21/h3-10,19H,2,11H2,1H3. The largest absolute Gasteiger partial charge is 0.350 e. The van der Waals surface area contributed by atoms with Crippen LogP contribution in [-0.4, -0.2) is 22.3 Å². The number of nitrogens with one attached hydrogen (secondary N) is 1. The predicted octanol–water partition coefficient (Wildman–Crippen LogP) is 3.81. The molecule has 0 spiro atoms. The second-order valence-corrected chi connectivity index (χ2v) is 5.40. The maximum atomic E-state index is 12.8. The first kappa shape index (κ1) is 12.2. The molecule has 4 rings (SSSR count). The summed E-state index contributed by atoms with van der Waals surface area (Å²) in [5.74, 6) is 0.0832. The number of aromatic amines is 1. The summed E-state index contributed by atoms with van der Waals surface area (Å²) in [6.45, 7) is 3.40. The van der Waals surface area contributed by atoms with Crippen LogP contribution in [0.5, 0.6) is 0 Å². The van der Waals surface area contributed by atoms with Crippen LogP contribution in [0.15, 0.2) is 48.5 Å².